The highest BCUT2D eigenvalue weighted by Crippen LogP contribution is 2.44. The van der Waals surface area contributed by atoms with E-state index in [-0.39, 0.29) is 0 Å². The van der Waals surface area contributed by atoms with Gasteiger partial charge in [0.1, 0.15) is 5.58 Å². The molecule has 4 aromatic heterocycles. The summed E-state index contributed by atoms with van der Waals surface area (Å²) in [6.07, 6.45) is 0. The van der Waals surface area contributed by atoms with Crippen molar-refractivity contribution in [3.8, 4) is 56.7 Å². The third-order valence-corrected chi connectivity index (χ3v) is 12.4. The fourth-order valence-corrected chi connectivity index (χ4v) is 9.51. The van der Waals surface area contributed by atoms with Crippen molar-refractivity contribution in [1.29, 1.82) is 0 Å². The molecule has 0 amide bonds. The second-order valence-corrected chi connectivity index (χ2v) is 16.0. The summed E-state index contributed by atoms with van der Waals surface area (Å²) in [5.74, 6) is 1.86. The third-order valence-electron chi connectivity index (χ3n) is 12.4. The van der Waals surface area contributed by atoms with Crippen molar-refractivity contribution in [1.82, 2.24) is 24.1 Å². The molecule has 294 valence electrons. The molecule has 63 heavy (non-hydrogen) atoms. The van der Waals surface area contributed by atoms with Crippen LogP contribution >= 0.6 is 0 Å². The number of nitrogens with zero attached hydrogens (tertiary/aromatic N) is 5. The lowest BCUT2D eigenvalue weighted by Crippen LogP contribution is -2.00. The van der Waals surface area contributed by atoms with Crippen molar-refractivity contribution in [2.75, 3.05) is 0 Å². The molecule has 0 aliphatic rings. The van der Waals surface area contributed by atoms with Gasteiger partial charge in [0, 0.05) is 49.3 Å². The maximum Gasteiger partial charge on any atom is 0.164 e. The van der Waals surface area contributed by atoms with E-state index in [2.05, 4.69) is 161 Å². The Labute approximate surface area is 361 Å². The molecule has 6 nitrogen and oxygen atoms in total. The van der Waals surface area contributed by atoms with Crippen molar-refractivity contribution >= 4 is 65.6 Å². The van der Waals surface area contributed by atoms with Crippen LogP contribution in [0.2, 0.25) is 0 Å². The van der Waals surface area contributed by atoms with E-state index < -0.39 is 0 Å². The Morgan fingerprint density at radius 2 is 0.841 bits per heavy atom. The van der Waals surface area contributed by atoms with Crippen LogP contribution < -0.4 is 0 Å². The van der Waals surface area contributed by atoms with E-state index in [1.165, 1.54) is 21.9 Å². The zero-order valence-electron chi connectivity index (χ0n) is 33.9. The summed E-state index contributed by atoms with van der Waals surface area (Å²) in [7, 11) is 0. The highest BCUT2D eigenvalue weighted by atomic mass is 16.3. The summed E-state index contributed by atoms with van der Waals surface area (Å²) in [4.78, 5) is 15.1. The average molecular weight is 806 g/mol. The van der Waals surface area contributed by atoms with Gasteiger partial charge in [0.05, 0.1) is 33.1 Å². The molecule has 0 unspecified atom stereocenters. The van der Waals surface area contributed by atoms with Crippen LogP contribution in [0, 0.1) is 0 Å². The van der Waals surface area contributed by atoms with Crippen molar-refractivity contribution in [2.24, 2.45) is 0 Å². The largest absolute Gasteiger partial charge is 0.454 e. The SMILES string of the molecule is c1ccc(-c2ccc3c4ccccc4n(-c4cccc5oc6c(ccc7c8ccc(-c9nc(-c%10ccccc%10)nc(-c%10ccccc%10)n9)cc8n(-c8ccccc8)c76)c45)c3c2)cc1. The van der Waals surface area contributed by atoms with Crippen molar-refractivity contribution < 1.29 is 4.42 Å². The molecule has 4 heterocycles. The van der Waals surface area contributed by atoms with Crippen LogP contribution in [0.25, 0.3) is 122 Å². The van der Waals surface area contributed by atoms with Gasteiger partial charge in [-0.3, -0.25) is 0 Å². The third kappa shape index (κ3) is 5.55. The predicted molar refractivity (Wildman–Crippen MR) is 258 cm³/mol. The molecule has 0 radical (unpaired) electrons. The number of benzene rings is 9. The van der Waals surface area contributed by atoms with Gasteiger partial charge in [0.25, 0.3) is 0 Å². The lowest BCUT2D eigenvalue weighted by Gasteiger charge is -2.11. The Hall–Kier alpha value is -8.61. The second-order valence-electron chi connectivity index (χ2n) is 16.0. The van der Waals surface area contributed by atoms with E-state index >= 15 is 0 Å². The molecule has 6 heteroatoms. The molecular formula is C57H35N5O. The maximum absolute atomic E-state index is 7.09. The molecule has 13 rings (SSSR count). The molecule has 0 N–H and O–H groups in total. The first-order valence-electron chi connectivity index (χ1n) is 21.2. The standard InChI is InChI=1S/C57H35N5O/c1-5-16-36(17-6-1)39-28-30-43-42-24-13-14-25-47(42)62(50(43)34-39)48-26-15-27-51-52(48)46-33-32-45-44-31-29-40(35-49(44)61(53(45)54(46)63-51)41-22-11-4-12-23-41)57-59-55(37-18-7-2-8-19-37)58-56(60-57)38-20-9-3-10-21-38/h1-35H. The smallest absolute Gasteiger partial charge is 0.164 e. The van der Waals surface area contributed by atoms with Crippen LogP contribution in [0.15, 0.2) is 217 Å². The quantitative estimate of drug-likeness (QED) is 0.168. The van der Waals surface area contributed by atoms with Gasteiger partial charge in [0.2, 0.25) is 0 Å². The number of para-hydroxylation sites is 2. The minimum Gasteiger partial charge on any atom is -0.454 e. The van der Waals surface area contributed by atoms with Crippen LogP contribution in [0.1, 0.15) is 0 Å². The molecule has 0 saturated carbocycles. The van der Waals surface area contributed by atoms with Gasteiger partial charge in [0.15, 0.2) is 23.1 Å². The number of fused-ring (bicyclic) bond motifs is 10. The number of hydrogen-bond donors (Lipinski definition) is 0. The Kier molecular flexibility index (Phi) is 7.80. The molecule has 0 aliphatic carbocycles. The van der Waals surface area contributed by atoms with E-state index in [1.807, 2.05) is 60.7 Å². The summed E-state index contributed by atoms with van der Waals surface area (Å²) >= 11 is 0. The van der Waals surface area contributed by atoms with Gasteiger partial charge in [-0.05, 0) is 59.7 Å². The van der Waals surface area contributed by atoms with Crippen LogP contribution in [0.5, 0.6) is 0 Å². The maximum atomic E-state index is 7.09. The average Bonchev–Trinajstić information content (AvgIpc) is 4.02. The topological polar surface area (TPSA) is 61.7 Å². The van der Waals surface area contributed by atoms with Gasteiger partial charge in [-0.25, -0.2) is 15.0 Å². The van der Waals surface area contributed by atoms with Crippen molar-refractivity contribution in [3.05, 3.63) is 212 Å². The Morgan fingerprint density at radius 3 is 1.54 bits per heavy atom. The monoisotopic (exact) mass is 805 g/mol. The number of furan rings is 1. The fraction of sp³-hybridized carbons (Fsp3) is 0. The minimum absolute atomic E-state index is 0.606. The zero-order chi connectivity index (χ0) is 41.4. The van der Waals surface area contributed by atoms with Gasteiger partial charge in [-0.15, -0.1) is 0 Å². The van der Waals surface area contributed by atoms with E-state index in [4.69, 9.17) is 19.4 Å². The van der Waals surface area contributed by atoms with Gasteiger partial charge in [-0.1, -0.05) is 164 Å². The fourth-order valence-electron chi connectivity index (χ4n) is 9.51. The molecular weight excluding hydrogens is 771 g/mol. The van der Waals surface area contributed by atoms with Crippen LogP contribution in [-0.4, -0.2) is 24.1 Å². The Morgan fingerprint density at radius 1 is 0.333 bits per heavy atom. The molecule has 0 bridgehead atoms. The number of hydrogen-bond acceptors (Lipinski definition) is 4. The van der Waals surface area contributed by atoms with E-state index in [9.17, 15) is 0 Å². The summed E-state index contributed by atoms with van der Waals surface area (Å²) in [5.41, 5.74) is 13.2. The van der Waals surface area contributed by atoms with Gasteiger partial charge in [-0.2, -0.15) is 0 Å². The molecule has 0 aliphatic heterocycles. The predicted octanol–water partition coefficient (Wildman–Crippen LogP) is 14.6. The summed E-state index contributed by atoms with van der Waals surface area (Å²) < 4.78 is 11.8. The molecule has 0 spiro atoms. The van der Waals surface area contributed by atoms with Crippen molar-refractivity contribution in [3.63, 3.8) is 0 Å². The molecule has 0 saturated heterocycles. The van der Waals surface area contributed by atoms with Crippen LogP contribution in [0.3, 0.4) is 0 Å². The number of rotatable bonds is 6. The summed E-state index contributed by atoms with van der Waals surface area (Å²) in [6.45, 7) is 0. The van der Waals surface area contributed by atoms with Crippen LogP contribution in [0.4, 0.5) is 0 Å². The highest BCUT2D eigenvalue weighted by molar-refractivity contribution is 6.23. The number of aromatic nitrogens is 5. The van der Waals surface area contributed by atoms with Crippen LogP contribution in [-0.2, 0) is 0 Å². The van der Waals surface area contributed by atoms with Gasteiger partial charge >= 0.3 is 0 Å². The van der Waals surface area contributed by atoms with E-state index in [1.54, 1.807) is 0 Å². The molecule has 0 fully saturated rings. The van der Waals surface area contributed by atoms with E-state index in [0.29, 0.717) is 17.5 Å². The molecule has 9 aromatic carbocycles. The first kappa shape index (κ1) is 35.2. The second kappa shape index (κ2) is 14.0. The first-order valence-corrected chi connectivity index (χ1v) is 21.2. The van der Waals surface area contributed by atoms with E-state index in [0.717, 1.165) is 82.8 Å². The lowest BCUT2D eigenvalue weighted by molar-refractivity contribution is 0.671. The minimum atomic E-state index is 0.606. The zero-order valence-corrected chi connectivity index (χ0v) is 33.9. The normalized spacial score (nSPS) is 11.8. The summed E-state index contributed by atoms with van der Waals surface area (Å²) in [6, 6.07) is 74.4. The lowest BCUT2D eigenvalue weighted by atomic mass is 10.0. The van der Waals surface area contributed by atoms with Gasteiger partial charge < -0.3 is 13.6 Å². The molecule has 0 atom stereocenters. The molecule has 13 aromatic rings. The Balaban J connectivity index is 1.07. The summed E-state index contributed by atoms with van der Waals surface area (Å²) in [5, 5.41) is 6.75. The Bertz CT molecular complexity index is 3830. The first-order chi connectivity index (χ1) is 31.2. The highest BCUT2D eigenvalue weighted by Gasteiger charge is 2.23. The van der Waals surface area contributed by atoms with Crippen molar-refractivity contribution in [2.45, 2.75) is 0 Å².